The third-order valence-electron chi connectivity index (χ3n) is 5.31. The lowest BCUT2D eigenvalue weighted by Gasteiger charge is -2.06. The number of carbonyl (C=O) groups excluding carboxylic acids is 2. The van der Waals surface area contributed by atoms with Crippen molar-refractivity contribution in [1.82, 2.24) is 34.4 Å². The summed E-state index contributed by atoms with van der Waals surface area (Å²) in [6, 6.07) is 13.5. The Kier molecular flexibility index (Phi) is 5.87. The Bertz CT molecular complexity index is 1590. The summed E-state index contributed by atoms with van der Waals surface area (Å²) >= 11 is 1.28. The summed E-state index contributed by atoms with van der Waals surface area (Å²) in [5.41, 5.74) is 2.95. The molecule has 1 aromatic carbocycles. The zero-order chi connectivity index (χ0) is 24.4. The van der Waals surface area contributed by atoms with Gasteiger partial charge in [0.15, 0.2) is 11.5 Å². The van der Waals surface area contributed by atoms with Gasteiger partial charge in [-0.3, -0.25) is 18.7 Å². The second-order valence-electron chi connectivity index (χ2n) is 7.67. The molecule has 0 radical (unpaired) electrons. The molecule has 0 fully saturated rings. The summed E-state index contributed by atoms with van der Waals surface area (Å²) in [6.07, 6.45) is 5.05. The van der Waals surface area contributed by atoms with Crippen molar-refractivity contribution in [3.05, 3.63) is 88.0 Å². The van der Waals surface area contributed by atoms with Crippen molar-refractivity contribution in [2.24, 2.45) is 7.05 Å². The first-order chi connectivity index (χ1) is 17.0. The molecule has 0 bridgehead atoms. The lowest BCUT2D eigenvalue weighted by molar-refractivity contribution is 0.0929. The minimum absolute atomic E-state index is 0.0121. The van der Waals surface area contributed by atoms with Crippen LogP contribution < -0.4 is 5.32 Å². The molecule has 4 aromatic heterocycles. The summed E-state index contributed by atoms with van der Waals surface area (Å²) in [4.78, 5) is 39.1. The van der Waals surface area contributed by atoms with Crippen LogP contribution in [0.5, 0.6) is 0 Å². The largest absolute Gasteiger partial charge is 0.345 e. The van der Waals surface area contributed by atoms with Crippen LogP contribution in [0.15, 0.2) is 60.4 Å². The predicted octanol–water partition coefficient (Wildman–Crippen LogP) is 2.81. The van der Waals surface area contributed by atoms with Gasteiger partial charge < -0.3 is 5.32 Å². The summed E-state index contributed by atoms with van der Waals surface area (Å²) in [7, 11) is 1.61. The van der Waals surface area contributed by atoms with Crippen LogP contribution in [0.25, 0.3) is 17.0 Å². The summed E-state index contributed by atoms with van der Waals surface area (Å²) in [6.45, 7) is 0.148. The van der Waals surface area contributed by atoms with Gasteiger partial charge in [-0.25, -0.2) is 15.0 Å². The number of nitrogens with one attached hydrogen (secondary N) is 1. The predicted molar refractivity (Wildman–Crippen MR) is 128 cm³/mol. The van der Waals surface area contributed by atoms with Gasteiger partial charge in [0.2, 0.25) is 5.78 Å². The second kappa shape index (κ2) is 9.28. The number of aryl methyl sites for hydroxylation is 1. The number of nitriles is 1. The number of carbonyl (C=O) groups is 2. The van der Waals surface area contributed by atoms with E-state index in [4.69, 9.17) is 5.26 Å². The van der Waals surface area contributed by atoms with Crippen LogP contribution in [0.2, 0.25) is 0 Å². The highest BCUT2D eigenvalue weighted by Gasteiger charge is 2.23. The summed E-state index contributed by atoms with van der Waals surface area (Å²) in [5.74, 6) is -0.250. The first-order valence-corrected chi connectivity index (χ1v) is 11.5. The van der Waals surface area contributed by atoms with Gasteiger partial charge in [-0.05, 0) is 6.07 Å². The first-order valence-electron chi connectivity index (χ1n) is 10.6. The fourth-order valence-electron chi connectivity index (χ4n) is 3.63. The number of amides is 1. The number of nitrogens with zero attached hydrogens (tertiary/aromatic N) is 7. The average molecular weight is 483 g/mol. The minimum Gasteiger partial charge on any atom is -0.345 e. The van der Waals surface area contributed by atoms with E-state index in [0.717, 1.165) is 11.3 Å². The van der Waals surface area contributed by atoms with Crippen molar-refractivity contribution in [2.45, 2.75) is 13.0 Å². The second-order valence-corrected chi connectivity index (χ2v) is 8.61. The number of fused-ring (bicyclic) bond motifs is 1. The number of Topliss-reactive ketones (excluding diaryl/α,β-unsaturated/α-hetero) is 1. The van der Waals surface area contributed by atoms with Crippen LogP contribution in [-0.4, -0.2) is 40.8 Å². The van der Waals surface area contributed by atoms with Crippen molar-refractivity contribution >= 4 is 28.8 Å². The number of aromatic nitrogens is 6. The molecule has 1 N–H and O–H groups in total. The fourth-order valence-corrected chi connectivity index (χ4v) is 4.29. The molecule has 10 nitrogen and oxygen atoms in total. The number of benzene rings is 1. The van der Waals surface area contributed by atoms with Crippen LogP contribution in [0, 0.1) is 11.3 Å². The molecule has 172 valence electrons. The van der Waals surface area contributed by atoms with Crippen molar-refractivity contribution < 1.29 is 9.59 Å². The van der Waals surface area contributed by atoms with E-state index >= 15 is 0 Å². The molecule has 5 rings (SSSR count). The van der Waals surface area contributed by atoms with E-state index in [1.54, 1.807) is 22.9 Å². The number of hydrogen-bond donors (Lipinski definition) is 1. The number of ketones is 1. The Morgan fingerprint density at radius 2 is 1.97 bits per heavy atom. The molecule has 4 heterocycles. The highest BCUT2D eigenvalue weighted by molar-refractivity contribution is 7.09. The molecule has 0 saturated carbocycles. The van der Waals surface area contributed by atoms with Gasteiger partial charge in [0, 0.05) is 30.4 Å². The van der Waals surface area contributed by atoms with Crippen molar-refractivity contribution in [2.75, 3.05) is 0 Å². The van der Waals surface area contributed by atoms with Gasteiger partial charge in [0.05, 0.1) is 36.1 Å². The lowest BCUT2D eigenvalue weighted by atomic mass is 10.1. The van der Waals surface area contributed by atoms with Crippen molar-refractivity contribution in [3.8, 4) is 17.3 Å². The number of rotatable bonds is 7. The van der Waals surface area contributed by atoms with Gasteiger partial charge in [0.1, 0.15) is 16.8 Å². The van der Waals surface area contributed by atoms with Crippen molar-refractivity contribution in [3.63, 3.8) is 0 Å². The van der Waals surface area contributed by atoms with Crippen LogP contribution in [0.3, 0.4) is 0 Å². The molecule has 11 heteroatoms. The van der Waals surface area contributed by atoms with Gasteiger partial charge >= 0.3 is 0 Å². The first kappa shape index (κ1) is 22.1. The monoisotopic (exact) mass is 482 g/mol. The van der Waals surface area contributed by atoms with E-state index in [9.17, 15) is 9.59 Å². The normalized spacial score (nSPS) is 10.9. The smallest absolute Gasteiger partial charge is 0.255 e. The maximum absolute atomic E-state index is 13.1. The fraction of sp³-hybridized carbons (Fsp3) is 0.125. The molecule has 0 spiro atoms. The molecule has 0 aliphatic carbocycles. The number of imidazole rings is 1. The third-order valence-corrected chi connectivity index (χ3v) is 6.16. The number of thiazole rings is 1. The molecule has 5 aromatic rings. The van der Waals surface area contributed by atoms with E-state index in [0.29, 0.717) is 22.2 Å². The highest BCUT2D eigenvalue weighted by Crippen LogP contribution is 2.19. The van der Waals surface area contributed by atoms with Crippen LogP contribution in [0.1, 0.15) is 37.2 Å². The van der Waals surface area contributed by atoms with Crippen molar-refractivity contribution in [1.29, 1.82) is 5.26 Å². The quantitative estimate of drug-likeness (QED) is 0.353. The van der Waals surface area contributed by atoms with Crippen LogP contribution in [0.4, 0.5) is 0 Å². The zero-order valence-electron chi connectivity index (χ0n) is 18.5. The zero-order valence-corrected chi connectivity index (χ0v) is 19.4. The summed E-state index contributed by atoms with van der Waals surface area (Å²) in [5, 5.41) is 17.9. The lowest BCUT2D eigenvalue weighted by Crippen LogP contribution is -2.25. The average Bonchev–Trinajstić information content (AvgIpc) is 3.60. The molecule has 0 saturated heterocycles. The molecule has 0 aliphatic rings. The Morgan fingerprint density at radius 1 is 1.14 bits per heavy atom. The molecule has 0 aliphatic heterocycles. The Labute approximate surface area is 203 Å². The Balaban J connectivity index is 1.33. The minimum atomic E-state index is -0.445. The topological polar surface area (TPSA) is 131 Å². The van der Waals surface area contributed by atoms with E-state index < -0.39 is 5.91 Å². The van der Waals surface area contributed by atoms with Gasteiger partial charge in [0.25, 0.3) is 5.91 Å². The van der Waals surface area contributed by atoms with Gasteiger partial charge in [-0.15, -0.1) is 11.3 Å². The molecular weight excluding hydrogens is 464 g/mol. The standard InChI is InChI=1S/C24H18N8O2S/c1-31-22(18(11-27-31)23(34)26-12-21-28-17(10-25)14-35-21)20(33)9-16-7-8-32-13-19(30-24(32)29-16)15-5-3-2-4-6-15/h2-8,11,13-14H,9,12H2,1H3,(H,26,34). The maximum Gasteiger partial charge on any atom is 0.255 e. The third kappa shape index (κ3) is 4.55. The molecule has 0 unspecified atom stereocenters. The van der Waals surface area contributed by atoms with Crippen LogP contribution in [-0.2, 0) is 20.0 Å². The van der Waals surface area contributed by atoms with Crippen LogP contribution >= 0.6 is 11.3 Å². The Hall–Kier alpha value is -4.69. The summed E-state index contributed by atoms with van der Waals surface area (Å²) < 4.78 is 3.19. The van der Waals surface area contributed by atoms with E-state index in [1.807, 2.05) is 48.8 Å². The van der Waals surface area contributed by atoms with E-state index in [2.05, 4.69) is 25.4 Å². The van der Waals surface area contributed by atoms with E-state index in [-0.39, 0.29) is 30.0 Å². The molecular formula is C24H18N8O2S. The van der Waals surface area contributed by atoms with Gasteiger partial charge in [-0.1, -0.05) is 30.3 Å². The molecule has 35 heavy (non-hydrogen) atoms. The molecule has 0 atom stereocenters. The number of hydrogen-bond acceptors (Lipinski definition) is 8. The van der Waals surface area contributed by atoms with Gasteiger partial charge in [-0.2, -0.15) is 10.4 Å². The Morgan fingerprint density at radius 3 is 2.74 bits per heavy atom. The maximum atomic E-state index is 13.1. The SMILES string of the molecule is Cn1ncc(C(=O)NCc2nc(C#N)cs2)c1C(=O)Cc1ccn2cc(-c3ccccc3)nc2n1. The molecule has 1 amide bonds. The van der Waals surface area contributed by atoms with E-state index in [1.165, 1.54) is 22.2 Å². The highest BCUT2D eigenvalue weighted by atomic mass is 32.1.